The van der Waals surface area contributed by atoms with E-state index in [1.54, 1.807) is 12.1 Å². The third-order valence-electron chi connectivity index (χ3n) is 2.47. The molecule has 0 atom stereocenters. The molecule has 0 aliphatic carbocycles. The molecule has 0 amide bonds. The Kier molecular flexibility index (Phi) is 3.30. The Bertz CT molecular complexity index is 481. The second-order valence-electron chi connectivity index (χ2n) is 3.62. The number of anilines is 2. The fourth-order valence-corrected chi connectivity index (χ4v) is 1.44. The smallest absolute Gasteiger partial charge is 0.155 e. The van der Waals surface area contributed by atoms with Gasteiger partial charge < -0.3 is 10.6 Å². The standard InChI is InChI=1S/C12H13FN4/c1-17(11-5-2-9(13)3-6-11)12-7-4-10(8-14)15-16-12/h2-7H,8,14H2,1H3. The lowest BCUT2D eigenvalue weighted by molar-refractivity contribution is 0.628. The minimum atomic E-state index is -0.258. The molecule has 0 fully saturated rings. The number of hydrogen-bond acceptors (Lipinski definition) is 4. The quantitative estimate of drug-likeness (QED) is 0.877. The van der Waals surface area contributed by atoms with E-state index in [2.05, 4.69) is 10.2 Å². The second kappa shape index (κ2) is 4.88. The van der Waals surface area contributed by atoms with Gasteiger partial charge >= 0.3 is 0 Å². The lowest BCUT2D eigenvalue weighted by atomic mass is 10.3. The summed E-state index contributed by atoms with van der Waals surface area (Å²) in [5.74, 6) is 0.431. The Morgan fingerprint density at radius 2 is 1.82 bits per heavy atom. The number of nitrogens with zero attached hydrogens (tertiary/aromatic N) is 3. The molecule has 1 aromatic heterocycles. The molecule has 17 heavy (non-hydrogen) atoms. The highest BCUT2D eigenvalue weighted by molar-refractivity contribution is 5.58. The molecule has 1 aromatic carbocycles. The first kappa shape index (κ1) is 11.5. The summed E-state index contributed by atoms with van der Waals surface area (Å²) in [5.41, 5.74) is 7.03. The van der Waals surface area contributed by atoms with Crippen molar-refractivity contribution in [3.63, 3.8) is 0 Å². The van der Waals surface area contributed by atoms with Crippen molar-refractivity contribution in [2.45, 2.75) is 6.54 Å². The van der Waals surface area contributed by atoms with Crippen LogP contribution in [0.2, 0.25) is 0 Å². The maximum Gasteiger partial charge on any atom is 0.155 e. The molecule has 1 heterocycles. The minimum absolute atomic E-state index is 0.258. The molecule has 2 rings (SSSR count). The van der Waals surface area contributed by atoms with Gasteiger partial charge in [0.15, 0.2) is 5.82 Å². The van der Waals surface area contributed by atoms with Crippen LogP contribution < -0.4 is 10.6 Å². The van der Waals surface area contributed by atoms with E-state index in [0.717, 1.165) is 11.4 Å². The lowest BCUT2D eigenvalue weighted by Crippen LogP contribution is -2.12. The molecular formula is C12H13FN4. The first-order valence-electron chi connectivity index (χ1n) is 5.22. The zero-order valence-corrected chi connectivity index (χ0v) is 9.47. The third-order valence-corrected chi connectivity index (χ3v) is 2.47. The molecular weight excluding hydrogens is 219 g/mol. The van der Waals surface area contributed by atoms with Crippen molar-refractivity contribution in [2.24, 2.45) is 5.73 Å². The van der Waals surface area contributed by atoms with E-state index < -0.39 is 0 Å². The average Bonchev–Trinajstić information content (AvgIpc) is 2.39. The van der Waals surface area contributed by atoms with Gasteiger partial charge in [-0.25, -0.2) is 4.39 Å². The van der Waals surface area contributed by atoms with Gasteiger partial charge in [-0.2, -0.15) is 5.10 Å². The Balaban J connectivity index is 2.23. The molecule has 0 saturated carbocycles. The minimum Gasteiger partial charge on any atom is -0.328 e. The highest BCUT2D eigenvalue weighted by Crippen LogP contribution is 2.20. The van der Waals surface area contributed by atoms with Crippen molar-refractivity contribution in [2.75, 3.05) is 11.9 Å². The van der Waals surface area contributed by atoms with Crippen LogP contribution in [0.5, 0.6) is 0 Å². The predicted octanol–water partition coefficient (Wildman–Crippen LogP) is 1.84. The van der Waals surface area contributed by atoms with Crippen LogP contribution in [0.3, 0.4) is 0 Å². The van der Waals surface area contributed by atoms with Crippen LogP contribution in [0.15, 0.2) is 36.4 Å². The number of nitrogens with two attached hydrogens (primary N) is 1. The van der Waals surface area contributed by atoms with Crippen molar-refractivity contribution in [3.05, 3.63) is 47.9 Å². The topological polar surface area (TPSA) is 55.0 Å². The summed E-state index contributed by atoms with van der Waals surface area (Å²) in [6.45, 7) is 0.369. The van der Waals surface area contributed by atoms with Crippen LogP contribution in [0, 0.1) is 5.82 Å². The molecule has 5 heteroatoms. The highest BCUT2D eigenvalue weighted by atomic mass is 19.1. The summed E-state index contributed by atoms with van der Waals surface area (Å²) in [6, 6.07) is 9.85. The SMILES string of the molecule is CN(c1ccc(F)cc1)c1ccc(CN)nn1. The lowest BCUT2D eigenvalue weighted by Gasteiger charge is -2.17. The first-order chi connectivity index (χ1) is 8.20. The number of hydrogen-bond donors (Lipinski definition) is 1. The van der Waals surface area contributed by atoms with E-state index in [9.17, 15) is 4.39 Å². The van der Waals surface area contributed by atoms with Gasteiger partial charge in [0.25, 0.3) is 0 Å². The maximum absolute atomic E-state index is 12.8. The molecule has 0 unspecified atom stereocenters. The van der Waals surface area contributed by atoms with Crippen molar-refractivity contribution in [3.8, 4) is 0 Å². The van der Waals surface area contributed by atoms with E-state index in [-0.39, 0.29) is 5.82 Å². The molecule has 2 aromatic rings. The van der Waals surface area contributed by atoms with Gasteiger partial charge in [0.2, 0.25) is 0 Å². The van der Waals surface area contributed by atoms with Gasteiger partial charge in [-0.15, -0.1) is 5.10 Å². The largest absolute Gasteiger partial charge is 0.328 e. The molecule has 0 spiro atoms. The van der Waals surface area contributed by atoms with E-state index >= 15 is 0 Å². The Morgan fingerprint density at radius 1 is 1.12 bits per heavy atom. The van der Waals surface area contributed by atoms with Crippen molar-refractivity contribution >= 4 is 11.5 Å². The normalized spacial score (nSPS) is 10.3. The Labute approximate surface area is 98.9 Å². The molecule has 0 aliphatic rings. The summed E-state index contributed by atoms with van der Waals surface area (Å²) in [4.78, 5) is 1.83. The first-order valence-corrected chi connectivity index (χ1v) is 5.22. The van der Waals surface area contributed by atoms with Gasteiger partial charge in [0.05, 0.1) is 5.69 Å². The monoisotopic (exact) mass is 232 g/mol. The van der Waals surface area contributed by atoms with Gasteiger partial charge in [-0.05, 0) is 36.4 Å². The van der Waals surface area contributed by atoms with Gasteiger partial charge in [-0.3, -0.25) is 0 Å². The molecule has 2 N–H and O–H groups in total. The predicted molar refractivity (Wildman–Crippen MR) is 64.4 cm³/mol. The summed E-state index contributed by atoms with van der Waals surface area (Å²) in [6.07, 6.45) is 0. The van der Waals surface area contributed by atoms with Crippen LogP contribution in [-0.4, -0.2) is 17.2 Å². The number of benzene rings is 1. The van der Waals surface area contributed by atoms with Gasteiger partial charge in [0.1, 0.15) is 5.82 Å². The van der Waals surface area contributed by atoms with Crippen LogP contribution in [0.4, 0.5) is 15.9 Å². The number of halogens is 1. The zero-order chi connectivity index (χ0) is 12.3. The van der Waals surface area contributed by atoms with E-state index in [1.807, 2.05) is 24.1 Å². The zero-order valence-electron chi connectivity index (χ0n) is 9.47. The molecule has 0 saturated heterocycles. The van der Waals surface area contributed by atoms with Gasteiger partial charge in [-0.1, -0.05) is 0 Å². The second-order valence-corrected chi connectivity index (χ2v) is 3.62. The van der Waals surface area contributed by atoms with Gasteiger partial charge in [0, 0.05) is 19.3 Å². The summed E-state index contributed by atoms with van der Waals surface area (Å²) in [5, 5.41) is 8.02. The number of aromatic nitrogens is 2. The van der Waals surface area contributed by atoms with Crippen molar-refractivity contribution < 1.29 is 4.39 Å². The maximum atomic E-state index is 12.8. The average molecular weight is 232 g/mol. The van der Waals surface area contributed by atoms with E-state index in [4.69, 9.17) is 5.73 Å². The van der Waals surface area contributed by atoms with Crippen LogP contribution in [-0.2, 0) is 6.54 Å². The summed E-state index contributed by atoms with van der Waals surface area (Å²) < 4.78 is 12.8. The van der Waals surface area contributed by atoms with Crippen molar-refractivity contribution in [1.82, 2.24) is 10.2 Å². The molecule has 88 valence electrons. The van der Waals surface area contributed by atoms with Crippen LogP contribution >= 0.6 is 0 Å². The Hall–Kier alpha value is -2.01. The van der Waals surface area contributed by atoms with Crippen LogP contribution in [0.1, 0.15) is 5.69 Å². The molecule has 0 radical (unpaired) electrons. The van der Waals surface area contributed by atoms with E-state index in [1.165, 1.54) is 12.1 Å². The molecule has 0 bridgehead atoms. The number of rotatable bonds is 3. The van der Waals surface area contributed by atoms with Crippen LogP contribution in [0.25, 0.3) is 0 Å². The molecule has 0 aliphatic heterocycles. The Morgan fingerprint density at radius 3 is 2.35 bits per heavy atom. The summed E-state index contributed by atoms with van der Waals surface area (Å²) >= 11 is 0. The highest BCUT2D eigenvalue weighted by Gasteiger charge is 2.05. The van der Waals surface area contributed by atoms with E-state index in [0.29, 0.717) is 12.4 Å². The fraction of sp³-hybridized carbons (Fsp3) is 0.167. The molecule has 4 nitrogen and oxygen atoms in total. The summed E-state index contributed by atoms with van der Waals surface area (Å²) in [7, 11) is 1.85. The fourth-order valence-electron chi connectivity index (χ4n) is 1.44. The van der Waals surface area contributed by atoms with Crippen molar-refractivity contribution in [1.29, 1.82) is 0 Å². The third kappa shape index (κ3) is 2.57.